The van der Waals surface area contributed by atoms with Gasteiger partial charge < -0.3 is 0 Å². The fraction of sp³-hybridized carbons (Fsp3) is 0.588. The molecule has 0 bridgehead atoms. The van der Waals surface area contributed by atoms with Crippen LogP contribution in [0.25, 0.3) is 0 Å². The van der Waals surface area contributed by atoms with Gasteiger partial charge >= 0.3 is 0 Å². The van der Waals surface area contributed by atoms with Gasteiger partial charge in [-0.25, -0.2) is 0 Å². The van der Waals surface area contributed by atoms with E-state index in [9.17, 15) is 4.79 Å². The Balaban J connectivity index is 2.23. The van der Waals surface area contributed by atoms with Crippen molar-refractivity contribution < 1.29 is 9.63 Å². The van der Waals surface area contributed by atoms with Gasteiger partial charge in [-0.3, -0.25) is 9.63 Å². The van der Waals surface area contributed by atoms with Crippen molar-refractivity contribution in [2.75, 3.05) is 0 Å². The third-order valence-corrected chi connectivity index (χ3v) is 4.15. The first-order valence-electron chi connectivity index (χ1n) is 7.34. The van der Waals surface area contributed by atoms with Crippen molar-refractivity contribution in [3.8, 4) is 0 Å². The summed E-state index contributed by atoms with van der Waals surface area (Å²) in [5.41, 5.74) is 0.787. The zero-order valence-electron chi connectivity index (χ0n) is 12.9. The summed E-state index contributed by atoms with van der Waals surface area (Å²) in [5.74, 6) is 0. The molecule has 0 saturated carbocycles. The molecular weight excluding hydrogens is 250 g/mol. The molecule has 110 valence electrons. The number of hydrogen-bond donors (Lipinski definition) is 0. The molecule has 3 nitrogen and oxygen atoms in total. The van der Waals surface area contributed by atoms with E-state index in [0.717, 1.165) is 24.7 Å². The van der Waals surface area contributed by atoms with Crippen LogP contribution in [-0.4, -0.2) is 22.4 Å². The molecule has 2 rings (SSSR count). The quantitative estimate of drug-likeness (QED) is 0.780. The number of carbonyl (C=O) groups excluding carboxylic acids is 1. The molecule has 1 fully saturated rings. The Kier molecular flexibility index (Phi) is 4.31. The third kappa shape index (κ3) is 3.10. The average Bonchev–Trinajstić information content (AvgIpc) is 2.38. The van der Waals surface area contributed by atoms with Crippen molar-refractivity contribution in [2.24, 2.45) is 0 Å². The van der Waals surface area contributed by atoms with Crippen molar-refractivity contribution in [1.82, 2.24) is 5.06 Å². The van der Waals surface area contributed by atoms with Gasteiger partial charge in [-0.15, -0.1) is 0 Å². The number of hydrogen-bond acceptors (Lipinski definition) is 3. The van der Waals surface area contributed by atoms with Gasteiger partial charge in [-0.1, -0.05) is 30.3 Å². The molecule has 0 radical (unpaired) electrons. The molecule has 1 atom stereocenters. The van der Waals surface area contributed by atoms with Crippen LogP contribution >= 0.6 is 0 Å². The second-order valence-electron chi connectivity index (χ2n) is 6.85. The van der Waals surface area contributed by atoms with E-state index in [1.807, 2.05) is 35.4 Å². The third-order valence-electron chi connectivity index (χ3n) is 4.15. The number of aldehydes is 1. The van der Waals surface area contributed by atoms with E-state index in [2.05, 4.69) is 27.7 Å². The number of rotatable bonds is 4. The highest BCUT2D eigenvalue weighted by Gasteiger charge is 2.43. The second-order valence-corrected chi connectivity index (χ2v) is 6.85. The first-order valence-corrected chi connectivity index (χ1v) is 7.34. The summed E-state index contributed by atoms with van der Waals surface area (Å²) in [6.07, 6.45) is 3.70. The summed E-state index contributed by atoms with van der Waals surface area (Å²) >= 11 is 0. The molecule has 0 spiro atoms. The van der Waals surface area contributed by atoms with Crippen LogP contribution in [0.2, 0.25) is 0 Å². The van der Waals surface area contributed by atoms with Crippen LogP contribution in [0, 0.1) is 0 Å². The van der Waals surface area contributed by atoms with E-state index in [-0.39, 0.29) is 11.1 Å². The lowest BCUT2D eigenvalue weighted by Gasteiger charge is -2.52. The summed E-state index contributed by atoms with van der Waals surface area (Å²) in [6.45, 7) is 8.73. The van der Waals surface area contributed by atoms with Gasteiger partial charge in [0, 0.05) is 11.1 Å². The average molecular weight is 275 g/mol. The topological polar surface area (TPSA) is 29.5 Å². The smallest absolute Gasteiger partial charge is 0.159 e. The molecule has 1 aromatic carbocycles. The molecule has 0 aliphatic carbocycles. The first kappa shape index (κ1) is 15.2. The summed E-state index contributed by atoms with van der Waals surface area (Å²) in [6, 6.07) is 9.68. The predicted molar refractivity (Wildman–Crippen MR) is 80.2 cm³/mol. The molecule has 1 aliphatic rings. The number of nitrogens with zero attached hydrogens (tertiary/aromatic N) is 1. The molecule has 20 heavy (non-hydrogen) atoms. The lowest BCUT2D eigenvalue weighted by atomic mass is 9.82. The van der Waals surface area contributed by atoms with Gasteiger partial charge in [0.25, 0.3) is 0 Å². The van der Waals surface area contributed by atoms with Crippen molar-refractivity contribution in [1.29, 1.82) is 0 Å². The number of carbonyl (C=O) groups is 1. The van der Waals surface area contributed by atoms with E-state index in [4.69, 9.17) is 4.84 Å². The first-order chi connectivity index (χ1) is 9.37. The molecule has 0 N–H and O–H groups in total. The highest BCUT2D eigenvalue weighted by Crippen LogP contribution is 2.40. The number of benzene rings is 1. The van der Waals surface area contributed by atoms with Gasteiger partial charge in [0.2, 0.25) is 0 Å². The van der Waals surface area contributed by atoms with Crippen LogP contribution in [0.4, 0.5) is 0 Å². The van der Waals surface area contributed by atoms with Crippen LogP contribution in [-0.2, 0) is 9.63 Å². The Bertz CT molecular complexity index is 437. The van der Waals surface area contributed by atoms with E-state index in [1.165, 1.54) is 6.42 Å². The molecule has 1 unspecified atom stereocenters. The molecule has 1 heterocycles. The van der Waals surface area contributed by atoms with E-state index < -0.39 is 6.10 Å². The second kappa shape index (κ2) is 5.66. The predicted octanol–water partition coefficient (Wildman–Crippen LogP) is 3.90. The summed E-state index contributed by atoms with van der Waals surface area (Å²) in [4.78, 5) is 17.6. The van der Waals surface area contributed by atoms with E-state index in [0.29, 0.717) is 0 Å². The molecule has 1 aliphatic heterocycles. The summed E-state index contributed by atoms with van der Waals surface area (Å²) in [5, 5.41) is 2.04. The Hall–Kier alpha value is -1.19. The van der Waals surface area contributed by atoms with Crippen LogP contribution in [0.3, 0.4) is 0 Å². The van der Waals surface area contributed by atoms with Crippen molar-refractivity contribution in [3.63, 3.8) is 0 Å². The Morgan fingerprint density at radius 1 is 1.10 bits per heavy atom. The molecule has 1 saturated heterocycles. The lowest BCUT2D eigenvalue weighted by molar-refractivity contribution is -0.298. The summed E-state index contributed by atoms with van der Waals surface area (Å²) in [7, 11) is 0. The number of hydroxylamine groups is 2. The maximum Gasteiger partial charge on any atom is 0.159 e. The van der Waals surface area contributed by atoms with Gasteiger partial charge in [0.1, 0.15) is 0 Å². The van der Waals surface area contributed by atoms with Crippen molar-refractivity contribution in [2.45, 2.75) is 64.1 Å². The standard InChI is InChI=1S/C17H25NO2/c1-16(2)11-8-12-17(3,4)18(16)20-15(13-19)14-9-6-5-7-10-14/h5-7,9-10,13,15H,8,11-12H2,1-4H3. The maximum atomic E-state index is 11.4. The fourth-order valence-electron chi connectivity index (χ4n) is 3.18. The highest BCUT2D eigenvalue weighted by atomic mass is 16.7. The number of piperidine rings is 1. The molecule has 3 heteroatoms. The van der Waals surface area contributed by atoms with Gasteiger partial charge in [0.05, 0.1) is 0 Å². The summed E-state index contributed by atoms with van der Waals surface area (Å²) < 4.78 is 0. The van der Waals surface area contributed by atoms with Gasteiger partial charge in [-0.05, 0) is 52.5 Å². The normalized spacial score (nSPS) is 23.2. The van der Waals surface area contributed by atoms with Crippen LogP contribution in [0.1, 0.15) is 58.6 Å². The zero-order valence-corrected chi connectivity index (χ0v) is 12.9. The van der Waals surface area contributed by atoms with Crippen LogP contribution in [0.5, 0.6) is 0 Å². The minimum Gasteiger partial charge on any atom is -0.300 e. The Morgan fingerprint density at radius 3 is 2.15 bits per heavy atom. The molecule has 1 aromatic rings. The molecule has 0 aromatic heterocycles. The maximum absolute atomic E-state index is 11.4. The Morgan fingerprint density at radius 2 is 1.65 bits per heavy atom. The zero-order chi connectivity index (χ0) is 14.8. The van der Waals surface area contributed by atoms with E-state index in [1.54, 1.807) is 0 Å². The van der Waals surface area contributed by atoms with Crippen molar-refractivity contribution >= 4 is 6.29 Å². The minimum absolute atomic E-state index is 0.0577. The van der Waals surface area contributed by atoms with Crippen molar-refractivity contribution in [3.05, 3.63) is 35.9 Å². The fourth-order valence-corrected chi connectivity index (χ4v) is 3.18. The molecular formula is C17H25NO2. The Labute approximate surface area is 121 Å². The van der Waals surface area contributed by atoms with Gasteiger partial charge in [0.15, 0.2) is 12.4 Å². The van der Waals surface area contributed by atoms with Gasteiger partial charge in [-0.2, -0.15) is 5.06 Å². The largest absolute Gasteiger partial charge is 0.300 e. The highest BCUT2D eigenvalue weighted by molar-refractivity contribution is 5.59. The lowest BCUT2D eigenvalue weighted by Crippen LogP contribution is -2.58. The SMILES string of the molecule is CC1(C)CCCC(C)(C)N1OC(C=O)c1ccccc1. The monoisotopic (exact) mass is 275 g/mol. The minimum atomic E-state index is -0.534. The van der Waals surface area contributed by atoms with E-state index >= 15 is 0 Å². The van der Waals surface area contributed by atoms with Crippen LogP contribution < -0.4 is 0 Å². The molecule has 0 amide bonds. The van der Waals surface area contributed by atoms with Crippen LogP contribution in [0.15, 0.2) is 30.3 Å².